The Morgan fingerprint density at radius 2 is 0.933 bits per heavy atom. The first-order chi connectivity index (χ1) is 27.5. The van der Waals surface area contributed by atoms with Crippen LogP contribution < -0.4 is 10.6 Å². The minimum atomic E-state index is -0.0498. The van der Waals surface area contributed by atoms with Crippen molar-refractivity contribution in [3.8, 4) is 32.7 Å². The smallest absolute Gasteiger partial charge is 0.0778 e. The minimum Gasteiger partial charge on any atom is -0.263 e. The summed E-state index contributed by atoms with van der Waals surface area (Å²) in [6.45, 7) is 42.9. The van der Waals surface area contributed by atoms with Crippen molar-refractivity contribution in [1.29, 1.82) is 0 Å². The lowest BCUT2D eigenvalue weighted by Crippen LogP contribution is -2.30. The Bertz CT molecular complexity index is 2610. The van der Waals surface area contributed by atoms with Gasteiger partial charge >= 0.3 is 0 Å². The summed E-state index contributed by atoms with van der Waals surface area (Å²) in [6.07, 6.45) is 3.64. The van der Waals surface area contributed by atoms with Crippen molar-refractivity contribution < 1.29 is 0 Å². The molecule has 6 aromatic rings. The number of rotatable bonds is 4. The molecule has 5 heteroatoms. The van der Waals surface area contributed by atoms with Crippen LogP contribution in [0.2, 0.25) is 0 Å². The zero-order valence-electron chi connectivity index (χ0n) is 39.7. The van der Waals surface area contributed by atoms with Crippen molar-refractivity contribution in [3.05, 3.63) is 132 Å². The van der Waals surface area contributed by atoms with Crippen molar-refractivity contribution in [2.45, 2.75) is 157 Å². The number of thiophene rings is 2. The van der Waals surface area contributed by atoms with Crippen LogP contribution in [0.25, 0.3) is 20.9 Å². The molecule has 0 unspecified atom stereocenters. The van der Waals surface area contributed by atoms with Crippen LogP contribution in [-0.2, 0) is 32.5 Å². The van der Waals surface area contributed by atoms with E-state index in [4.69, 9.17) is 0 Å². The van der Waals surface area contributed by atoms with E-state index in [1.807, 2.05) is 41.0 Å². The molecule has 6 rings (SSSR count). The first-order valence-corrected chi connectivity index (χ1v) is 24.9. The Labute approximate surface area is 374 Å². The molecule has 60 heavy (non-hydrogen) atoms. The Morgan fingerprint density at radius 1 is 0.483 bits per heavy atom. The molecular formula is C55H67NP2S2. The van der Waals surface area contributed by atoms with Crippen LogP contribution in [0, 0.1) is 21.7 Å². The lowest BCUT2D eigenvalue weighted by atomic mass is 9.75. The van der Waals surface area contributed by atoms with Crippen molar-refractivity contribution in [2.75, 3.05) is 0 Å². The summed E-state index contributed by atoms with van der Waals surface area (Å²) in [5.41, 5.74) is 12.2. The second-order valence-corrected chi connectivity index (χ2v) is 26.9. The summed E-state index contributed by atoms with van der Waals surface area (Å²) < 4.78 is 0. The number of pyridine rings is 1. The third kappa shape index (κ3) is 9.96. The second kappa shape index (κ2) is 16.4. The van der Waals surface area contributed by atoms with Gasteiger partial charge in [-0.2, -0.15) is 0 Å². The zero-order valence-corrected chi connectivity index (χ0v) is 43.1. The van der Waals surface area contributed by atoms with Gasteiger partial charge in [0.1, 0.15) is 0 Å². The van der Waals surface area contributed by atoms with Crippen LogP contribution in [0.3, 0.4) is 0 Å². The van der Waals surface area contributed by atoms with E-state index in [0.29, 0.717) is 0 Å². The fraction of sp³-hybridized carbons (Fsp3) is 0.436. The second-order valence-electron chi connectivity index (χ2n) is 22.6. The van der Waals surface area contributed by atoms with Crippen LogP contribution in [0.5, 0.6) is 0 Å². The number of aromatic nitrogens is 1. The van der Waals surface area contributed by atoms with E-state index < -0.39 is 0 Å². The fourth-order valence-electron chi connectivity index (χ4n) is 7.53. The maximum atomic E-state index is 4.30. The Morgan fingerprint density at radius 3 is 1.30 bits per heavy atom. The van der Waals surface area contributed by atoms with Gasteiger partial charge in [-0.3, -0.25) is 4.98 Å². The van der Waals surface area contributed by atoms with Crippen molar-refractivity contribution in [3.63, 3.8) is 0 Å². The molecule has 0 aliphatic heterocycles. The molecule has 0 atom stereocenters. The molecule has 0 radical (unpaired) electrons. The highest BCUT2D eigenvalue weighted by molar-refractivity contribution is 7.42. The molecule has 0 fully saturated rings. The molecule has 0 saturated heterocycles. The minimum absolute atomic E-state index is 0.0302. The van der Waals surface area contributed by atoms with E-state index in [1.54, 1.807) is 6.20 Å². The Balaban J connectivity index is 1.84. The highest BCUT2D eigenvalue weighted by Gasteiger charge is 2.32. The van der Waals surface area contributed by atoms with Gasteiger partial charge in [0.2, 0.25) is 0 Å². The molecule has 0 aliphatic carbocycles. The topological polar surface area (TPSA) is 12.9 Å². The van der Waals surface area contributed by atoms with Crippen LogP contribution >= 0.6 is 39.1 Å². The quantitative estimate of drug-likeness (QED) is 0.127. The van der Waals surface area contributed by atoms with Gasteiger partial charge < -0.3 is 0 Å². The number of hydrogen-bond donors (Lipinski definition) is 0. The molecular weight excluding hydrogens is 801 g/mol. The molecule has 0 spiro atoms. The molecule has 0 aliphatic rings. The maximum absolute atomic E-state index is 4.30. The lowest BCUT2D eigenvalue weighted by Gasteiger charge is -2.33. The average Bonchev–Trinajstić information content (AvgIpc) is 3.81. The molecule has 0 bridgehead atoms. The van der Waals surface area contributed by atoms with Crippen LogP contribution in [0.4, 0.5) is 0 Å². The summed E-state index contributed by atoms with van der Waals surface area (Å²) in [5.74, 6) is 6.85. The zero-order chi connectivity index (χ0) is 44.4. The van der Waals surface area contributed by atoms with E-state index in [0.717, 1.165) is 10.4 Å². The van der Waals surface area contributed by atoms with Gasteiger partial charge in [-0.25, -0.2) is 0 Å². The summed E-state index contributed by atoms with van der Waals surface area (Å²) in [4.78, 5) is 10.9. The SMILES string of the molecule is CC(C)(C)c1cc(C(C)(C)C)c(P=c2c(-c3cccs3)c(-c3ccc(C#Cc4cccnc4)s3)c2=Pc2c(C(C)(C)C)cc(C(C)(C)C)cc2C(C)(C)C)c(C(C)(C)C)c1. The summed E-state index contributed by atoms with van der Waals surface area (Å²) in [7, 11) is 2.53. The van der Waals surface area contributed by atoms with E-state index in [1.165, 1.54) is 91.2 Å². The Kier molecular flexibility index (Phi) is 12.6. The van der Waals surface area contributed by atoms with Crippen molar-refractivity contribution >= 4 is 49.7 Å². The standard InChI is InChI=1S/C55H67NP2S2/c1-50(2,3)35-29-38(52(7,8)9)46(39(30-35)53(10,11)12)57-48-44(42-22-20-28-59-42)45(43-26-25-37(60-43)24-23-34-21-19-27-56-33-34)49(48)58-47-40(54(13,14)15)31-36(51(4,5)6)32-41(47)55(16,17)18/h19-22,25-33H,1-18H3. The van der Waals surface area contributed by atoms with Gasteiger partial charge in [-0.15, -0.1) is 22.7 Å². The number of benzene rings is 2. The normalized spacial score (nSPS) is 13.9. The predicted octanol–water partition coefficient (Wildman–Crippen LogP) is 16.2. The first-order valence-electron chi connectivity index (χ1n) is 21.4. The highest BCUT2D eigenvalue weighted by Crippen LogP contribution is 2.49. The van der Waals surface area contributed by atoms with E-state index in [2.05, 4.69) is 195 Å². The fourth-order valence-corrected chi connectivity index (χ4v) is 13.3. The van der Waals surface area contributed by atoms with E-state index in [9.17, 15) is 0 Å². The van der Waals surface area contributed by atoms with E-state index >= 15 is 0 Å². The van der Waals surface area contributed by atoms with Gasteiger partial charge in [-0.05, 0) is 102 Å². The third-order valence-electron chi connectivity index (χ3n) is 11.2. The van der Waals surface area contributed by atoms with Gasteiger partial charge in [-0.1, -0.05) is 183 Å². The largest absolute Gasteiger partial charge is 0.263 e. The van der Waals surface area contributed by atoms with Crippen molar-refractivity contribution in [1.82, 2.24) is 4.98 Å². The van der Waals surface area contributed by atoms with Gasteiger partial charge in [0, 0.05) is 59.3 Å². The van der Waals surface area contributed by atoms with Gasteiger partial charge in [0.25, 0.3) is 0 Å². The Hall–Kier alpha value is -3.37. The molecule has 0 amide bonds. The monoisotopic (exact) mass is 867 g/mol. The molecule has 0 saturated carbocycles. The first kappa shape index (κ1) is 46.1. The predicted molar refractivity (Wildman–Crippen MR) is 270 cm³/mol. The van der Waals surface area contributed by atoms with Crippen LogP contribution in [0.1, 0.15) is 168 Å². The third-order valence-corrected chi connectivity index (χ3v) is 16.0. The summed E-state index contributed by atoms with van der Waals surface area (Å²) in [6, 6.07) is 23.2. The van der Waals surface area contributed by atoms with Crippen LogP contribution in [-0.4, -0.2) is 4.98 Å². The van der Waals surface area contributed by atoms with Gasteiger partial charge in [0.15, 0.2) is 0 Å². The molecule has 3 aromatic heterocycles. The molecule has 3 aromatic carbocycles. The van der Waals surface area contributed by atoms with Gasteiger partial charge in [0.05, 0.1) is 4.88 Å². The van der Waals surface area contributed by atoms with Crippen LogP contribution in [0.15, 0.2) is 78.4 Å². The maximum Gasteiger partial charge on any atom is 0.0778 e. The summed E-state index contributed by atoms with van der Waals surface area (Å²) in [5, 5.41) is 5.16. The lowest BCUT2D eigenvalue weighted by molar-refractivity contribution is 0.553. The molecule has 1 nitrogen and oxygen atoms in total. The molecule has 3 heterocycles. The average molecular weight is 868 g/mol. The number of nitrogens with zero attached hydrogens (tertiary/aromatic N) is 1. The highest BCUT2D eigenvalue weighted by atomic mass is 32.1. The molecule has 314 valence electrons. The number of hydrogen-bond acceptors (Lipinski definition) is 3. The summed E-state index contributed by atoms with van der Waals surface area (Å²) >= 11 is 3.67. The van der Waals surface area contributed by atoms with E-state index in [-0.39, 0.29) is 32.5 Å². The van der Waals surface area contributed by atoms with Crippen molar-refractivity contribution in [2.24, 2.45) is 0 Å². The molecule has 0 N–H and O–H groups in total.